The SMILES string of the molecule is CCN(CCC1=C(c2ccc(Cl)cc2)S(=O)(=O)NC12CCCCC2)C(=O)[C@@H](COCc1ccccc1)NC(=O)C(C)(C)N.O=C(O)C(F)(F)F. The number of carboxylic acids is 1. The molecule has 2 aromatic carbocycles. The molecule has 5 N–H and O–H groups in total. The zero-order valence-electron chi connectivity index (χ0n) is 28.2. The molecule has 2 amide bonds. The molecule has 1 saturated carbocycles. The Morgan fingerprint density at radius 1 is 1.06 bits per heavy atom. The summed E-state index contributed by atoms with van der Waals surface area (Å²) < 4.78 is 67.8. The van der Waals surface area contributed by atoms with Crippen LogP contribution in [-0.4, -0.2) is 79.2 Å². The number of ether oxygens (including phenoxy) is 1. The number of hydrogen-bond donors (Lipinski definition) is 4. The van der Waals surface area contributed by atoms with E-state index in [1.165, 1.54) is 0 Å². The first-order chi connectivity index (χ1) is 23.3. The second-order valence-corrected chi connectivity index (χ2v) is 14.8. The fourth-order valence-corrected chi connectivity index (χ4v) is 8.01. The van der Waals surface area contributed by atoms with Gasteiger partial charge in [-0.1, -0.05) is 73.3 Å². The Hall–Kier alpha value is -3.50. The molecule has 50 heavy (non-hydrogen) atoms. The molecule has 0 aromatic heterocycles. The molecule has 1 aliphatic heterocycles. The van der Waals surface area contributed by atoms with E-state index in [9.17, 15) is 31.2 Å². The summed E-state index contributed by atoms with van der Waals surface area (Å²) in [6, 6.07) is 15.4. The van der Waals surface area contributed by atoms with Gasteiger partial charge >= 0.3 is 12.1 Å². The van der Waals surface area contributed by atoms with Crippen LogP contribution in [-0.2, 0) is 35.8 Å². The lowest BCUT2D eigenvalue weighted by Crippen LogP contribution is -2.58. The smallest absolute Gasteiger partial charge is 0.475 e. The molecule has 1 aliphatic carbocycles. The van der Waals surface area contributed by atoms with E-state index in [0.29, 0.717) is 36.4 Å². The van der Waals surface area contributed by atoms with E-state index in [0.717, 1.165) is 30.4 Å². The predicted molar refractivity (Wildman–Crippen MR) is 183 cm³/mol. The maximum Gasteiger partial charge on any atom is 0.490 e. The molecule has 0 radical (unpaired) electrons. The second-order valence-electron chi connectivity index (χ2n) is 12.8. The summed E-state index contributed by atoms with van der Waals surface area (Å²) in [6.07, 6.45) is -0.436. The highest BCUT2D eigenvalue weighted by Gasteiger charge is 2.49. The molecule has 0 bridgehead atoms. The molecule has 1 spiro atoms. The van der Waals surface area contributed by atoms with E-state index in [-0.39, 0.29) is 30.6 Å². The maximum absolute atomic E-state index is 13.9. The number of carbonyl (C=O) groups excluding carboxylic acids is 2. The number of nitrogens with two attached hydrogens (primary N) is 1. The van der Waals surface area contributed by atoms with E-state index >= 15 is 0 Å². The van der Waals surface area contributed by atoms with Crippen molar-refractivity contribution in [1.82, 2.24) is 14.9 Å². The summed E-state index contributed by atoms with van der Waals surface area (Å²) in [5.41, 5.74) is 6.48. The number of nitrogens with zero attached hydrogens (tertiary/aromatic N) is 1. The second kappa shape index (κ2) is 17.1. The molecule has 276 valence electrons. The molecule has 11 nitrogen and oxygen atoms in total. The first-order valence-electron chi connectivity index (χ1n) is 16.1. The van der Waals surface area contributed by atoms with Gasteiger partial charge in [0.1, 0.15) is 6.04 Å². The van der Waals surface area contributed by atoms with Gasteiger partial charge in [0, 0.05) is 18.1 Å². The van der Waals surface area contributed by atoms with Gasteiger partial charge in [0.05, 0.1) is 29.2 Å². The number of aliphatic carboxylic acids is 1. The summed E-state index contributed by atoms with van der Waals surface area (Å²) in [6.45, 7) is 5.91. The van der Waals surface area contributed by atoms with E-state index in [2.05, 4.69) is 10.0 Å². The van der Waals surface area contributed by atoms with Crippen LogP contribution < -0.4 is 15.8 Å². The van der Waals surface area contributed by atoms with Crippen LogP contribution in [0, 0.1) is 0 Å². The van der Waals surface area contributed by atoms with Gasteiger partial charge in [-0.25, -0.2) is 17.9 Å². The van der Waals surface area contributed by atoms with Gasteiger partial charge in [0.2, 0.25) is 21.8 Å². The van der Waals surface area contributed by atoms with Gasteiger partial charge in [-0.15, -0.1) is 0 Å². The van der Waals surface area contributed by atoms with Crippen LogP contribution in [0.5, 0.6) is 0 Å². The van der Waals surface area contributed by atoms with Crippen LogP contribution in [0.15, 0.2) is 60.2 Å². The number of likely N-dealkylation sites (N-methyl/N-ethyl adjacent to an activating group) is 1. The van der Waals surface area contributed by atoms with Crippen molar-refractivity contribution in [2.24, 2.45) is 5.73 Å². The Labute approximate surface area is 295 Å². The highest BCUT2D eigenvalue weighted by atomic mass is 35.5. The van der Waals surface area contributed by atoms with Crippen LogP contribution in [0.1, 0.15) is 70.4 Å². The number of halogens is 4. The van der Waals surface area contributed by atoms with Crippen molar-refractivity contribution in [2.75, 3.05) is 19.7 Å². The molecule has 1 atom stereocenters. The number of alkyl halides is 3. The van der Waals surface area contributed by atoms with Crippen LogP contribution in [0.2, 0.25) is 5.02 Å². The van der Waals surface area contributed by atoms with Crippen molar-refractivity contribution in [2.45, 2.75) is 89.2 Å². The Morgan fingerprint density at radius 2 is 1.64 bits per heavy atom. The summed E-state index contributed by atoms with van der Waals surface area (Å²) in [7, 11) is -3.78. The van der Waals surface area contributed by atoms with Crippen molar-refractivity contribution in [3.63, 3.8) is 0 Å². The maximum atomic E-state index is 13.9. The number of hydrogen-bond acceptors (Lipinski definition) is 7. The summed E-state index contributed by atoms with van der Waals surface area (Å²) >= 11 is 6.12. The number of amides is 2. The molecule has 0 unspecified atom stereocenters. The molecule has 0 saturated heterocycles. The van der Waals surface area contributed by atoms with Gasteiger partial charge in [-0.05, 0) is 68.9 Å². The Kier molecular flexibility index (Phi) is 14.0. The highest BCUT2D eigenvalue weighted by molar-refractivity contribution is 7.99. The first-order valence-corrected chi connectivity index (χ1v) is 18.0. The minimum Gasteiger partial charge on any atom is -0.475 e. The number of rotatable bonds is 12. The number of carbonyl (C=O) groups is 3. The largest absolute Gasteiger partial charge is 0.490 e. The van der Waals surface area contributed by atoms with Crippen LogP contribution in [0.4, 0.5) is 13.2 Å². The molecule has 1 heterocycles. The summed E-state index contributed by atoms with van der Waals surface area (Å²) in [4.78, 5) is 37.5. The van der Waals surface area contributed by atoms with Crippen molar-refractivity contribution in [3.05, 3.63) is 76.3 Å². The van der Waals surface area contributed by atoms with Crippen molar-refractivity contribution < 1.29 is 45.8 Å². The molecule has 1 fully saturated rings. The zero-order chi connectivity index (χ0) is 37.3. The fraction of sp³-hybridized carbons (Fsp3) is 0.500. The number of carboxylic acid groups (broad SMARTS) is 1. The topological polar surface area (TPSA) is 168 Å². The Bertz CT molecular complexity index is 1620. The van der Waals surface area contributed by atoms with E-state index in [1.54, 1.807) is 43.0 Å². The minimum absolute atomic E-state index is 0.0371. The summed E-state index contributed by atoms with van der Waals surface area (Å²) in [5.74, 6) is -3.54. The highest BCUT2D eigenvalue weighted by Crippen LogP contribution is 2.47. The lowest BCUT2D eigenvalue weighted by atomic mass is 9.75. The van der Waals surface area contributed by atoms with Crippen LogP contribution in [0.3, 0.4) is 0 Å². The molecule has 2 aliphatic rings. The Balaban J connectivity index is 0.000000872. The fourth-order valence-electron chi connectivity index (χ4n) is 5.87. The molecular formula is C34H44ClF3N4O7S. The quantitative estimate of drug-likeness (QED) is 0.236. The van der Waals surface area contributed by atoms with Gasteiger partial charge in [0.15, 0.2) is 0 Å². The number of benzene rings is 2. The van der Waals surface area contributed by atoms with Gasteiger partial charge in [0.25, 0.3) is 0 Å². The monoisotopic (exact) mass is 744 g/mol. The first kappa shape index (κ1) is 40.9. The molecular weight excluding hydrogens is 701 g/mol. The molecule has 4 rings (SSSR count). The van der Waals surface area contributed by atoms with Crippen LogP contribution >= 0.6 is 11.6 Å². The average molecular weight is 745 g/mol. The third-order valence-corrected chi connectivity index (χ3v) is 10.3. The minimum atomic E-state index is -5.08. The number of nitrogens with one attached hydrogen (secondary N) is 2. The summed E-state index contributed by atoms with van der Waals surface area (Å²) in [5, 5.41) is 10.4. The lowest BCUT2D eigenvalue weighted by molar-refractivity contribution is -0.192. The standard InChI is InChI=1S/C32H43ClN4O5S.C2HF3O2/c1-4-37(29(38)27(35-30(39)31(2,3)34)22-42-21-23-11-7-5-8-12-23)20-17-26-28(24-13-15-25(33)16-14-24)43(40,41)36-32(26)18-9-6-10-19-32;3-2(4,5)1(6)7/h5,7-8,11-16,27,36H,4,6,9-10,17-22,34H2,1-3H3,(H,35,39);(H,6,7)/t27-;/m1./s1. The van der Waals surface area contributed by atoms with Crippen molar-refractivity contribution in [1.29, 1.82) is 0 Å². The van der Waals surface area contributed by atoms with Crippen molar-refractivity contribution >= 4 is 44.3 Å². The number of sulfonamides is 1. The van der Waals surface area contributed by atoms with Crippen LogP contribution in [0.25, 0.3) is 4.91 Å². The van der Waals surface area contributed by atoms with E-state index < -0.39 is 45.2 Å². The van der Waals surface area contributed by atoms with Gasteiger partial charge in [-0.3, -0.25) is 9.59 Å². The third kappa shape index (κ3) is 11.0. The predicted octanol–water partition coefficient (Wildman–Crippen LogP) is 5.00. The van der Waals surface area contributed by atoms with Gasteiger partial charge < -0.3 is 25.8 Å². The molecule has 2 aromatic rings. The molecule has 16 heteroatoms. The lowest BCUT2D eigenvalue weighted by Gasteiger charge is -2.36. The normalized spacial score (nSPS) is 17.4. The van der Waals surface area contributed by atoms with Crippen molar-refractivity contribution in [3.8, 4) is 0 Å². The third-order valence-electron chi connectivity index (χ3n) is 8.42. The van der Waals surface area contributed by atoms with E-state index in [1.807, 2.05) is 37.3 Å². The zero-order valence-corrected chi connectivity index (χ0v) is 29.8. The average Bonchev–Trinajstić information content (AvgIpc) is 3.25. The van der Waals surface area contributed by atoms with Gasteiger partial charge in [-0.2, -0.15) is 13.2 Å². The Morgan fingerprint density at radius 3 is 2.16 bits per heavy atom. The van der Waals surface area contributed by atoms with E-state index in [4.69, 9.17) is 32.0 Å².